The van der Waals surface area contributed by atoms with E-state index in [4.69, 9.17) is 5.11 Å². The Balaban J connectivity index is 2.80. The van der Waals surface area contributed by atoms with Gasteiger partial charge in [0.1, 0.15) is 0 Å². The van der Waals surface area contributed by atoms with Crippen molar-refractivity contribution in [2.45, 2.75) is 39.3 Å². The summed E-state index contributed by atoms with van der Waals surface area (Å²) >= 11 is 0. The molecule has 1 aromatic carbocycles. The minimum atomic E-state index is -0.422. The SMILES string of the molecule is CC(O)c1ccc(N(CCCO)C(C)C)cc1. The zero-order valence-corrected chi connectivity index (χ0v) is 10.9. The maximum Gasteiger partial charge on any atom is 0.0761 e. The number of nitrogens with zero attached hydrogens (tertiary/aromatic N) is 1. The number of hydrogen-bond acceptors (Lipinski definition) is 3. The Morgan fingerprint density at radius 1 is 1.12 bits per heavy atom. The number of hydrogen-bond donors (Lipinski definition) is 2. The molecule has 3 heteroatoms. The quantitative estimate of drug-likeness (QED) is 0.798. The van der Waals surface area contributed by atoms with Crippen LogP contribution in [0.5, 0.6) is 0 Å². The van der Waals surface area contributed by atoms with Crippen molar-refractivity contribution in [2.24, 2.45) is 0 Å². The van der Waals surface area contributed by atoms with Gasteiger partial charge in [-0.05, 0) is 44.9 Å². The predicted molar refractivity (Wildman–Crippen MR) is 71.3 cm³/mol. The second kappa shape index (κ2) is 6.62. The Labute approximate surface area is 104 Å². The third-order valence-corrected chi connectivity index (χ3v) is 2.89. The summed E-state index contributed by atoms with van der Waals surface area (Å²) in [5.74, 6) is 0. The fraction of sp³-hybridized carbons (Fsp3) is 0.571. The first-order chi connectivity index (χ1) is 8.06. The fourth-order valence-electron chi connectivity index (χ4n) is 1.87. The van der Waals surface area contributed by atoms with Gasteiger partial charge in [-0.15, -0.1) is 0 Å². The van der Waals surface area contributed by atoms with E-state index in [1.165, 1.54) is 0 Å². The smallest absolute Gasteiger partial charge is 0.0761 e. The van der Waals surface area contributed by atoms with Crippen molar-refractivity contribution in [1.29, 1.82) is 0 Å². The molecule has 0 saturated heterocycles. The largest absolute Gasteiger partial charge is 0.396 e. The maximum atomic E-state index is 9.46. The van der Waals surface area contributed by atoms with Gasteiger partial charge in [-0.25, -0.2) is 0 Å². The first-order valence-electron chi connectivity index (χ1n) is 6.21. The van der Waals surface area contributed by atoms with Crippen LogP contribution in [0.3, 0.4) is 0 Å². The lowest BCUT2D eigenvalue weighted by molar-refractivity contribution is 0.199. The van der Waals surface area contributed by atoms with E-state index in [1.54, 1.807) is 6.92 Å². The first kappa shape index (κ1) is 14.0. The van der Waals surface area contributed by atoms with Gasteiger partial charge in [0.05, 0.1) is 6.10 Å². The number of benzene rings is 1. The van der Waals surface area contributed by atoms with Gasteiger partial charge in [-0.2, -0.15) is 0 Å². The maximum absolute atomic E-state index is 9.46. The molecule has 0 bridgehead atoms. The Hall–Kier alpha value is -1.06. The highest BCUT2D eigenvalue weighted by molar-refractivity contribution is 5.48. The summed E-state index contributed by atoms with van der Waals surface area (Å²) in [6.07, 6.45) is 0.352. The normalized spacial score (nSPS) is 12.8. The molecule has 0 aliphatic rings. The highest BCUT2D eigenvalue weighted by Crippen LogP contribution is 2.21. The van der Waals surface area contributed by atoms with Gasteiger partial charge >= 0.3 is 0 Å². The number of anilines is 1. The van der Waals surface area contributed by atoms with Gasteiger partial charge in [0.2, 0.25) is 0 Å². The molecule has 1 rings (SSSR count). The summed E-state index contributed by atoms with van der Waals surface area (Å²) in [5.41, 5.74) is 2.07. The van der Waals surface area contributed by atoms with Crippen LogP contribution in [-0.2, 0) is 0 Å². The molecule has 0 spiro atoms. The molecule has 0 amide bonds. The summed E-state index contributed by atoms with van der Waals surface area (Å²) in [6, 6.07) is 8.36. The molecule has 3 nitrogen and oxygen atoms in total. The topological polar surface area (TPSA) is 43.7 Å². The Morgan fingerprint density at radius 2 is 1.71 bits per heavy atom. The lowest BCUT2D eigenvalue weighted by atomic mass is 10.1. The second-order valence-electron chi connectivity index (χ2n) is 4.63. The van der Waals surface area contributed by atoms with Gasteiger partial charge in [0.15, 0.2) is 0 Å². The third-order valence-electron chi connectivity index (χ3n) is 2.89. The Bertz CT molecular complexity index is 319. The Morgan fingerprint density at radius 3 is 2.12 bits per heavy atom. The second-order valence-corrected chi connectivity index (χ2v) is 4.63. The molecule has 0 aliphatic carbocycles. The molecule has 0 radical (unpaired) electrons. The average molecular weight is 237 g/mol. The average Bonchev–Trinajstić information content (AvgIpc) is 2.29. The van der Waals surface area contributed by atoms with Crippen molar-refractivity contribution < 1.29 is 10.2 Å². The van der Waals surface area contributed by atoms with Crippen LogP contribution in [0.1, 0.15) is 38.9 Å². The third kappa shape index (κ3) is 4.02. The summed E-state index contributed by atoms with van der Waals surface area (Å²) in [7, 11) is 0. The fourth-order valence-corrected chi connectivity index (χ4v) is 1.87. The van der Waals surface area contributed by atoms with Crippen LogP contribution in [0.15, 0.2) is 24.3 Å². The van der Waals surface area contributed by atoms with Crippen LogP contribution in [-0.4, -0.2) is 29.4 Å². The van der Waals surface area contributed by atoms with Gasteiger partial charge in [0.25, 0.3) is 0 Å². The van der Waals surface area contributed by atoms with E-state index in [2.05, 4.69) is 18.7 Å². The Kier molecular flexibility index (Phi) is 5.45. The number of aliphatic hydroxyl groups is 2. The molecule has 0 aliphatic heterocycles. The molecule has 96 valence electrons. The summed E-state index contributed by atoms with van der Waals surface area (Å²) in [5, 5.41) is 18.4. The lowest BCUT2D eigenvalue weighted by Gasteiger charge is -2.29. The summed E-state index contributed by atoms with van der Waals surface area (Å²) in [4.78, 5) is 2.25. The van der Waals surface area contributed by atoms with E-state index in [0.717, 1.165) is 24.2 Å². The molecule has 1 atom stereocenters. The van der Waals surface area contributed by atoms with Crippen molar-refractivity contribution in [1.82, 2.24) is 0 Å². The van der Waals surface area contributed by atoms with Gasteiger partial charge in [-0.3, -0.25) is 0 Å². The minimum Gasteiger partial charge on any atom is -0.396 e. The number of rotatable bonds is 6. The van der Waals surface area contributed by atoms with E-state index >= 15 is 0 Å². The van der Waals surface area contributed by atoms with Crippen molar-refractivity contribution >= 4 is 5.69 Å². The van der Waals surface area contributed by atoms with Crippen molar-refractivity contribution in [3.8, 4) is 0 Å². The molecule has 17 heavy (non-hydrogen) atoms. The van der Waals surface area contributed by atoms with E-state index in [9.17, 15) is 5.11 Å². The molecule has 1 unspecified atom stereocenters. The van der Waals surface area contributed by atoms with E-state index in [1.807, 2.05) is 24.3 Å². The van der Waals surface area contributed by atoms with Crippen LogP contribution >= 0.6 is 0 Å². The minimum absolute atomic E-state index is 0.217. The predicted octanol–water partition coefficient (Wildman–Crippen LogP) is 2.34. The highest BCUT2D eigenvalue weighted by atomic mass is 16.3. The summed E-state index contributed by atoms with van der Waals surface area (Å²) in [6.45, 7) is 7.11. The van der Waals surface area contributed by atoms with Crippen molar-refractivity contribution in [3.63, 3.8) is 0 Å². The molecule has 0 fully saturated rings. The molecule has 0 aromatic heterocycles. The van der Waals surface area contributed by atoms with E-state index in [-0.39, 0.29) is 6.61 Å². The number of aliphatic hydroxyl groups excluding tert-OH is 2. The van der Waals surface area contributed by atoms with Crippen LogP contribution in [0.4, 0.5) is 5.69 Å². The van der Waals surface area contributed by atoms with Crippen molar-refractivity contribution in [3.05, 3.63) is 29.8 Å². The van der Waals surface area contributed by atoms with Gasteiger partial charge in [0, 0.05) is 24.9 Å². The zero-order valence-electron chi connectivity index (χ0n) is 10.9. The summed E-state index contributed by atoms with van der Waals surface area (Å²) < 4.78 is 0. The van der Waals surface area contributed by atoms with Crippen LogP contribution in [0, 0.1) is 0 Å². The van der Waals surface area contributed by atoms with E-state index < -0.39 is 6.10 Å². The van der Waals surface area contributed by atoms with Crippen molar-refractivity contribution in [2.75, 3.05) is 18.1 Å². The van der Waals surface area contributed by atoms with Crippen LogP contribution in [0.2, 0.25) is 0 Å². The molecular weight excluding hydrogens is 214 g/mol. The van der Waals surface area contributed by atoms with Crippen LogP contribution in [0.25, 0.3) is 0 Å². The van der Waals surface area contributed by atoms with Crippen LogP contribution < -0.4 is 4.90 Å². The molecule has 0 saturated carbocycles. The van der Waals surface area contributed by atoms with Gasteiger partial charge in [-0.1, -0.05) is 12.1 Å². The monoisotopic (exact) mass is 237 g/mol. The molecular formula is C14H23NO2. The van der Waals surface area contributed by atoms with Gasteiger partial charge < -0.3 is 15.1 Å². The zero-order chi connectivity index (χ0) is 12.8. The highest BCUT2D eigenvalue weighted by Gasteiger charge is 2.10. The first-order valence-corrected chi connectivity index (χ1v) is 6.21. The van der Waals surface area contributed by atoms with E-state index in [0.29, 0.717) is 6.04 Å². The molecule has 1 aromatic rings. The molecule has 2 N–H and O–H groups in total. The standard InChI is InChI=1S/C14H23NO2/c1-11(2)15(9-4-10-16)14-7-5-13(6-8-14)12(3)17/h5-8,11-12,16-17H,4,9-10H2,1-3H3. The lowest BCUT2D eigenvalue weighted by Crippen LogP contribution is -2.32. The molecule has 0 heterocycles.